The molecule has 51 valence electrons. The normalized spacial score (nSPS) is 29.0. The summed E-state index contributed by atoms with van der Waals surface area (Å²) in [6, 6.07) is 0. The summed E-state index contributed by atoms with van der Waals surface area (Å²) in [5.41, 5.74) is 0. The van der Waals surface area contributed by atoms with Gasteiger partial charge in [-0.25, -0.2) is 0 Å². The fourth-order valence-corrected chi connectivity index (χ4v) is 1.52. The molecule has 0 amide bonds. The Morgan fingerprint density at radius 1 is 1.20 bits per heavy atom. The lowest BCUT2D eigenvalue weighted by atomic mass is 9.81. The van der Waals surface area contributed by atoms with E-state index in [4.69, 9.17) is 0 Å². The van der Waals surface area contributed by atoms with Gasteiger partial charge in [0.25, 0.3) is 0 Å². The van der Waals surface area contributed by atoms with E-state index in [1.54, 1.807) is 0 Å². The molecule has 0 spiro atoms. The van der Waals surface area contributed by atoms with Crippen LogP contribution in [0.15, 0.2) is 0 Å². The van der Waals surface area contributed by atoms with Gasteiger partial charge in [0, 0.05) is 6.42 Å². The number of fused-ring (bicyclic) bond motifs is 1. The molecule has 0 aromatic rings. The average molecular weight is 133 g/mol. The minimum atomic E-state index is 0.325. The summed E-state index contributed by atoms with van der Waals surface area (Å²) in [5.74, 6) is 2.54. The smallest absolute Gasteiger partial charge is 0.140 e. The first-order valence-corrected chi connectivity index (χ1v) is 3.66. The summed E-state index contributed by atoms with van der Waals surface area (Å²) >= 11 is 0. The van der Waals surface area contributed by atoms with E-state index in [-0.39, 0.29) is 0 Å². The lowest BCUT2D eigenvalue weighted by Gasteiger charge is -2.21. The van der Waals surface area contributed by atoms with Gasteiger partial charge >= 0.3 is 0 Å². The molecule has 2 rings (SSSR count). The third-order valence-corrected chi connectivity index (χ3v) is 2.06. The monoisotopic (exact) mass is 133 g/mol. The Morgan fingerprint density at radius 2 is 2.10 bits per heavy atom. The van der Waals surface area contributed by atoms with E-state index in [0.29, 0.717) is 5.78 Å². The van der Waals surface area contributed by atoms with Gasteiger partial charge in [0.1, 0.15) is 5.78 Å². The highest BCUT2D eigenvalue weighted by Gasteiger charge is 2.36. The fraction of sp³-hybridized carbons (Fsp3) is 0.333. The molecule has 2 saturated carbocycles. The van der Waals surface area contributed by atoms with Crippen molar-refractivity contribution >= 4 is 5.78 Å². The van der Waals surface area contributed by atoms with Crippen LogP contribution in [0.25, 0.3) is 0 Å². The van der Waals surface area contributed by atoms with Crippen molar-refractivity contribution in [1.29, 1.82) is 0 Å². The topological polar surface area (TPSA) is 17.1 Å². The molecule has 0 aliphatic heterocycles. The minimum Gasteiger partial charge on any atom is -0.299 e. The number of rotatable bonds is 0. The number of Topliss-reactive ketones (excluding diaryl/α,β-unsaturated/α-hetero) is 1. The van der Waals surface area contributed by atoms with Gasteiger partial charge < -0.3 is 0 Å². The van der Waals surface area contributed by atoms with Crippen molar-refractivity contribution in [3.8, 4) is 0 Å². The highest BCUT2D eigenvalue weighted by atomic mass is 16.1. The number of carbonyl (C=O) groups is 1. The second kappa shape index (κ2) is 2.37. The van der Waals surface area contributed by atoms with Gasteiger partial charge in [-0.1, -0.05) is 0 Å². The van der Waals surface area contributed by atoms with E-state index in [1.165, 1.54) is 5.92 Å². The summed E-state index contributed by atoms with van der Waals surface area (Å²) in [4.78, 5) is 11.1. The Hall–Kier alpha value is -0.330. The lowest BCUT2D eigenvalue weighted by molar-refractivity contribution is -0.117. The number of hydrogen-bond donors (Lipinski definition) is 0. The average Bonchev–Trinajstić information content (AvgIpc) is 2.36. The van der Waals surface area contributed by atoms with Crippen molar-refractivity contribution in [1.82, 2.24) is 0 Å². The number of ketones is 1. The molecule has 10 heavy (non-hydrogen) atoms. The molecule has 0 saturated heterocycles. The van der Waals surface area contributed by atoms with E-state index in [2.05, 4.69) is 0 Å². The van der Waals surface area contributed by atoms with Crippen LogP contribution in [0.5, 0.6) is 0 Å². The largest absolute Gasteiger partial charge is 0.299 e. The van der Waals surface area contributed by atoms with Gasteiger partial charge in [0.05, 0.1) is 5.92 Å². The summed E-state index contributed by atoms with van der Waals surface area (Å²) in [6.45, 7) is 0. The molecular weight excluding hydrogens is 124 g/mol. The molecule has 0 aromatic heterocycles. The second-order valence-electron chi connectivity index (χ2n) is 2.74. The van der Waals surface area contributed by atoms with Crippen LogP contribution in [0.4, 0.5) is 0 Å². The van der Waals surface area contributed by atoms with Crippen molar-refractivity contribution in [2.24, 2.45) is 0 Å². The van der Waals surface area contributed by atoms with Crippen molar-refractivity contribution in [3.63, 3.8) is 0 Å². The minimum absolute atomic E-state index is 0.325. The molecule has 0 atom stereocenters. The SMILES string of the molecule is O=C1CCC[C]2[CH][CH][CH][C]21. The first-order chi connectivity index (χ1) is 4.88. The first-order valence-electron chi connectivity index (χ1n) is 3.66. The number of hydrogen-bond acceptors (Lipinski definition) is 1. The maximum absolute atomic E-state index is 11.1. The van der Waals surface area contributed by atoms with Crippen LogP contribution in [0.3, 0.4) is 0 Å². The zero-order valence-corrected chi connectivity index (χ0v) is 5.76. The summed E-state index contributed by atoms with van der Waals surface area (Å²) < 4.78 is 0. The van der Waals surface area contributed by atoms with Crippen LogP contribution < -0.4 is 0 Å². The van der Waals surface area contributed by atoms with Gasteiger partial charge in [-0.15, -0.1) is 0 Å². The van der Waals surface area contributed by atoms with Gasteiger partial charge in [0.15, 0.2) is 0 Å². The molecule has 2 aliphatic rings. The molecule has 5 radical (unpaired) electrons. The molecular formula is C9H9O. The Balaban J connectivity index is 2.10. The fourth-order valence-electron chi connectivity index (χ4n) is 1.52. The predicted molar refractivity (Wildman–Crippen MR) is 38.2 cm³/mol. The predicted octanol–water partition coefficient (Wildman–Crippen LogP) is 1.51. The molecule has 2 fully saturated rings. The molecule has 0 bridgehead atoms. The van der Waals surface area contributed by atoms with E-state index >= 15 is 0 Å². The highest BCUT2D eigenvalue weighted by Crippen LogP contribution is 2.41. The van der Waals surface area contributed by atoms with Gasteiger partial charge in [-0.05, 0) is 38.0 Å². The van der Waals surface area contributed by atoms with Crippen LogP contribution in [0.2, 0.25) is 0 Å². The van der Waals surface area contributed by atoms with Crippen LogP contribution >= 0.6 is 0 Å². The Kier molecular flexibility index (Phi) is 1.51. The quantitative estimate of drug-likeness (QED) is 0.489. The van der Waals surface area contributed by atoms with Gasteiger partial charge in [0.2, 0.25) is 0 Å². The van der Waals surface area contributed by atoms with Crippen molar-refractivity contribution in [2.75, 3.05) is 0 Å². The molecule has 0 unspecified atom stereocenters. The molecule has 1 nitrogen and oxygen atoms in total. The Bertz CT molecular complexity index is 151. The van der Waals surface area contributed by atoms with Crippen LogP contribution in [-0.2, 0) is 4.79 Å². The third kappa shape index (κ3) is 0.882. The summed E-state index contributed by atoms with van der Waals surface area (Å²) in [6.07, 6.45) is 8.82. The molecule has 0 N–H and O–H groups in total. The van der Waals surface area contributed by atoms with Crippen molar-refractivity contribution < 1.29 is 4.79 Å². The van der Waals surface area contributed by atoms with E-state index in [0.717, 1.165) is 25.2 Å². The zero-order chi connectivity index (χ0) is 6.97. The second-order valence-corrected chi connectivity index (χ2v) is 2.74. The van der Waals surface area contributed by atoms with Crippen molar-refractivity contribution in [2.45, 2.75) is 19.3 Å². The Labute approximate surface area is 61.8 Å². The Morgan fingerprint density at radius 3 is 2.90 bits per heavy atom. The third-order valence-electron chi connectivity index (χ3n) is 2.06. The van der Waals surface area contributed by atoms with E-state index in [1.807, 2.05) is 19.3 Å². The zero-order valence-electron chi connectivity index (χ0n) is 5.76. The maximum atomic E-state index is 11.1. The standard InChI is InChI=1S/C9H9O/c10-9-6-2-4-7-3-1-5-8(7)9/h1,3,5H,2,4,6H2. The molecule has 0 aromatic carbocycles. The number of carbonyl (C=O) groups excluding carboxylic acids is 1. The summed E-state index contributed by atoms with van der Waals surface area (Å²) in [7, 11) is 0. The van der Waals surface area contributed by atoms with Gasteiger partial charge in [-0.2, -0.15) is 0 Å². The van der Waals surface area contributed by atoms with E-state index < -0.39 is 0 Å². The first kappa shape index (κ1) is 6.38. The maximum Gasteiger partial charge on any atom is 0.140 e. The van der Waals surface area contributed by atoms with Crippen molar-refractivity contribution in [3.05, 3.63) is 31.1 Å². The van der Waals surface area contributed by atoms with E-state index in [9.17, 15) is 4.79 Å². The molecule has 0 heterocycles. The van der Waals surface area contributed by atoms with Crippen LogP contribution in [0, 0.1) is 31.1 Å². The lowest BCUT2D eigenvalue weighted by Crippen LogP contribution is -2.20. The molecule has 1 heteroatoms. The summed E-state index contributed by atoms with van der Waals surface area (Å²) in [5, 5.41) is 0. The van der Waals surface area contributed by atoms with Gasteiger partial charge in [-0.3, -0.25) is 4.79 Å². The van der Waals surface area contributed by atoms with Crippen LogP contribution in [0.1, 0.15) is 19.3 Å². The highest BCUT2D eigenvalue weighted by molar-refractivity contribution is 6.00. The molecule has 2 aliphatic carbocycles. The van der Waals surface area contributed by atoms with Crippen LogP contribution in [-0.4, -0.2) is 5.78 Å².